The predicted molar refractivity (Wildman–Crippen MR) is 134 cm³/mol. The van der Waals surface area contributed by atoms with Crippen molar-refractivity contribution in [2.75, 3.05) is 16.0 Å². The van der Waals surface area contributed by atoms with Crippen LogP contribution in [0, 0.1) is 13.8 Å². The van der Waals surface area contributed by atoms with E-state index in [2.05, 4.69) is 30.9 Å². The molecule has 0 aliphatic heterocycles. The number of carbonyl (C=O) groups excluding carboxylic acids is 1. The maximum absolute atomic E-state index is 12.5. The number of aryl methyl sites for hydroxylation is 2. The number of carbonyl (C=O) groups is 1. The second-order valence-corrected chi connectivity index (χ2v) is 7.79. The Balaban J connectivity index is 1.37. The molecule has 1 amide bonds. The summed E-state index contributed by atoms with van der Waals surface area (Å²) in [6, 6.07) is 22.3. The average Bonchev–Trinajstić information content (AvgIpc) is 2.80. The van der Waals surface area contributed by atoms with Crippen LogP contribution in [0.1, 0.15) is 18.3 Å². The molecule has 4 aromatic rings. The predicted octanol–water partition coefficient (Wildman–Crippen LogP) is 5.38. The van der Waals surface area contributed by atoms with Gasteiger partial charge in [-0.25, -0.2) is 15.0 Å². The van der Waals surface area contributed by atoms with Crippen molar-refractivity contribution < 1.29 is 9.53 Å². The molecule has 1 unspecified atom stereocenters. The number of para-hydroxylation sites is 1. The number of hydrogen-bond acceptors (Lipinski definition) is 7. The molecule has 0 saturated heterocycles. The van der Waals surface area contributed by atoms with Gasteiger partial charge in [0.05, 0.1) is 0 Å². The molecule has 3 N–H and O–H groups in total. The summed E-state index contributed by atoms with van der Waals surface area (Å²) in [5.41, 5.74) is 2.60. The van der Waals surface area contributed by atoms with Gasteiger partial charge < -0.3 is 20.7 Å². The lowest BCUT2D eigenvalue weighted by Crippen LogP contribution is -2.30. The van der Waals surface area contributed by atoms with Crippen molar-refractivity contribution >= 4 is 34.7 Å². The minimum atomic E-state index is -0.627. The molecule has 0 radical (unpaired) electrons. The highest BCUT2D eigenvalue weighted by Crippen LogP contribution is 2.22. The van der Waals surface area contributed by atoms with Crippen LogP contribution in [0.2, 0.25) is 0 Å². The number of amides is 1. The van der Waals surface area contributed by atoms with Gasteiger partial charge in [-0.15, -0.1) is 0 Å². The molecule has 0 aliphatic carbocycles. The molecule has 0 spiro atoms. The van der Waals surface area contributed by atoms with Crippen LogP contribution in [0.4, 0.5) is 28.8 Å². The molecule has 0 saturated carbocycles. The second kappa shape index (κ2) is 10.4. The summed E-state index contributed by atoms with van der Waals surface area (Å²) >= 11 is 0. The van der Waals surface area contributed by atoms with Crippen molar-refractivity contribution in [1.29, 1.82) is 0 Å². The van der Waals surface area contributed by atoms with Crippen LogP contribution in [-0.2, 0) is 4.79 Å². The Morgan fingerprint density at radius 1 is 0.824 bits per heavy atom. The SMILES string of the molecule is Cc1ccnc(Nc2cc(Nc3ccc(NC(=O)C(C)Oc4ccccc4)cc3)nc(C)n2)c1. The molecular weight excluding hydrogens is 428 g/mol. The monoisotopic (exact) mass is 454 g/mol. The zero-order chi connectivity index (χ0) is 23.9. The van der Waals surface area contributed by atoms with Crippen LogP contribution in [0.15, 0.2) is 79.0 Å². The van der Waals surface area contributed by atoms with Crippen LogP contribution in [0.25, 0.3) is 0 Å². The summed E-state index contributed by atoms with van der Waals surface area (Å²) in [6.45, 7) is 5.55. The summed E-state index contributed by atoms with van der Waals surface area (Å²) in [6.07, 6.45) is 1.12. The third-order valence-electron chi connectivity index (χ3n) is 4.86. The van der Waals surface area contributed by atoms with Crippen molar-refractivity contribution in [2.24, 2.45) is 0 Å². The van der Waals surface area contributed by atoms with E-state index in [0.29, 0.717) is 28.9 Å². The van der Waals surface area contributed by atoms with Gasteiger partial charge in [-0.3, -0.25) is 4.79 Å². The first kappa shape index (κ1) is 22.7. The molecule has 172 valence electrons. The Kier molecular flexibility index (Phi) is 6.98. The van der Waals surface area contributed by atoms with Crippen molar-refractivity contribution in [3.8, 4) is 5.75 Å². The fourth-order valence-corrected chi connectivity index (χ4v) is 3.22. The summed E-state index contributed by atoms with van der Waals surface area (Å²) in [5.74, 6) is 3.05. The molecule has 34 heavy (non-hydrogen) atoms. The fourth-order valence-electron chi connectivity index (χ4n) is 3.22. The Hall–Kier alpha value is -4.46. The number of aromatic nitrogens is 3. The standard InChI is InChI=1S/C26H26N6O2/c1-17-13-14-27-23(15-17)32-25-16-24(28-19(3)29-25)30-20-9-11-21(12-10-20)31-26(33)18(2)34-22-7-5-4-6-8-22/h4-16,18H,1-3H3,(H,31,33)(H2,27,28,29,30,32). The molecule has 8 heteroatoms. The molecule has 0 bridgehead atoms. The van der Waals surface area contributed by atoms with Gasteiger partial charge in [-0.2, -0.15) is 0 Å². The van der Waals surface area contributed by atoms with Gasteiger partial charge in [0.2, 0.25) is 0 Å². The van der Waals surface area contributed by atoms with Crippen LogP contribution in [0.5, 0.6) is 5.75 Å². The topological polar surface area (TPSA) is 101 Å². The number of anilines is 5. The van der Waals surface area contributed by atoms with E-state index in [1.54, 1.807) is 13.1 Å². The molecule has 2 aromatic heterocycles. The van der Waals surface area contributed by atoms with E-state index >= 15 is 0 Å². The average molecular weight is 455 g/mol. The highest BCUT2D eigenvalue weighted by Gasteiger charge is 2.14. The van der Waals surface area contributed by atoms with E-state index in [1.165, 1.54) is 0 Å². The molecule has 0 aliphatic rings. The van der Waals surface area contributed by atoms with Gasteiger partial charge in [-0.1, -0.05) is 18.2 Å². The molecule has 8 nitrogen and oxygen atoms in total. The van der Waals surface area contributed by atoms with Gasteiger partial charge in [-0.05, 0) is 74.9 Å². The zero-order valence-corrected chi connectivity index (χ0v) is 19.2. The lowest BCUT2D eigenvalue weighted by molar-refractivity contribution is -0.122. The highest BCUT2D eigenvalue weighted by atomic mass is 16.5. The van der Waals surface area contributed by atoms with Crippen molar-refractivity contribution in [2.45, 2.75) is 26.9 Å². The number of benzene rings is 2. The molecule has 2 heterocycles. The van der Waals surface area contributed by atoms with Gasteiger partial charge >= 0.3 is 0 Å². The van der Waals surface area contributed by atoms with Gasteiger partial charge in [0.15, 0.2) is 6.10 Å². The number of nitrogens with zero attached hydrogens (tertiary/aromatic N) is 3. The lowest BCUT2D eigenvalue weighted by Gasteiger charge is -2.15. The third kappa shape index (κ3) is 6.29. The molecule has 0 fully saturated rings. The fraction of sp³-hybridized carbons (Fsp3) is 0.154. The number of ether oxygens (including phenoxy) is 1. The normalized spacial score (nSPS) is 11.4. The summed E-state index contributed by atoms with van der Waals surface area (Å²) < 4.78 is 5.67. The van der Waals surface area contributed by atoms with Crippen LogP contribution in [0.3, 0.4) is 0 Å². The number of pyridine rings is 1. The summed E-state index contributed by atoms with van der Waals surface area (Å²) in [4.78, 5) is 25.7. The molecule has 2 aromatic carbocycles. The second-order valence-electron chi connectivity index (χ2n) is 7.79. The molecule has 4 rings (SSSR count). The summed E-state index contributed by atoms with van der Waals surface area (Å²) in [7, 11) is 0. The maximum Gasteiger partial charge on any atom is 0.265 e. The van der Waals surface area contributed by atoms with Gasteiger partial charge in [0.25, 0.3) is 5.91 Å². The van der Waals surface area contributed by atoms with Crippen LogP contribution in [-0.4, -0.2) is 27.0 Å². The first-order valence-electron chi connectivity index (χ1n) is 10.9. The van der Waals surface area contributed by atoms with Crippen molar-refractivity contribution in [3.63, 3.8) is 0 Å². The smallest absolute Gasteiger partial charge is 0.265 e. The Morgan fingerprint density at radius 2 is 1.50 bits per heavy atom. The van der Waals surface area contributed by atoms with Crippen LogP contribution >= 0.6 is 0 Å². The van der Waals surface area contributed by atoms with Gasteiger partial charge in [0.1, 0.15) is 29.0 Å². The highest BCUT2D eigenvalue weighted by molar-refractivity contribution is 5.94. The van der Waals surface area contributed by atoms with E-state index < -0.39 is 6.10 Å². The number of hydrogen-bond donors (Lipinski definition) is 3. The van der Waals surface area contributed by atoms with E-state index in [9.17, 15) is 4.79 Å². The zero-order valence-electron chi connectivity index (χ0n) is 19.2. The van der Waals surface area contributed by atoms with E-state index in [4.69, 9.17) is 4.74 Å². The largest absolute Gasteiger partial charge is 0.481 e. The van der Waals surface area contributed by atoms with Crippen LogP contribution < -0.4 is 20.7 Å². The minimum absolute atomic E-state index is 0.225. The van der Waals surface area contributed by atoms with E-state index in [-0.39, 0.29) is 5.91 Å². The number of nitrogens with one attached hydrogen (secondary N) is 3. The van der Waals surface area contributed by atoms with Crippen molar-refractivity contribution in [1.82, 2.24) is 15.0 Å². The number of rotatable bonds is 8. The van der Waals surface area contributed by atoms with Gasteiger partial charge in [0, 0.05) is 23.6 Å². The first-order valence-corrected chi connectivity index (χ1v) is 10.9. The van der Waals surface area contributed by atoms with Crippen molar-refractivity contribution in [3.05, 3.63) is 90.4 Å². The Labute approximate surface area is 198 Å². The maximum atomic E-state index is 12.5. The summed E-state index contributed by atoms with van der Waals surface area (Å²) in [5, 5.41) is 9.35. The molecule has 1 atom stereocenters. The first-order chi connectivity index (χ1) is 16.4. The third-order valence-corrected chi connectivity index (χ3v) is 4.86. The Morgan fingerprint density at radius 3 is 2.21 bits per heavy atom. The van der Waals surface area contributed by atoms with E-state index in [1.807, 2.05) is 86.6 Å². The minimum Gasteiger partial charge on any atom is -0.481 e. The van der Waals surface area contributed by atoms with E-state index in [0.717, 1.165) is 17.1 Å². The Bertz CT molecular complexity index is 1260. The quantitative estimate of drug-likeness (QED) is 0.328. The lowest BCUT2D eigenvalue weighted by atomic mass is 10.2. The molecular formula is C26H26N6O2.